The van der Waals surface area contributed by atoms with Gasteiger partial charge in [0.2, 0.25) is 10.0 Å². The van der Waals surface area contributed by atoms with E-state index in [1.165, 1.54) is 4.31 Å². The summed E-state index contributed by atoms with van der Waals surface area (Å²) < 4.78 is 24.9. The molecule has 0 bridgehead atoms. The van der Waals surface area contributed by atoms with Gasteiger partial charge in [0.25, 0.3) is 0 Å². The second kappa shape index (κ2) is 5.09. The molecule has 5 heteroatoms. The average Bonchev–Trinajstić information content (AvgIpc) is 2.19. The summed E-state index contributed by atoms with van der Waals surface area (Å²) in [5.41, 5.74) is 0. The van der Waals surface area contributed by atoms with Crippen LogP contribution in [0.1, 0.15) is 19.8 Å². The summed E-state index contributed by atoms with van der Waals surface area (Å²) in [5, 5.41) is 9.61. The molecule has 2 atom stereocenters. The van der Waals surface area contributed by atoms with Crippen LogP contribution in [0.5, 0.6) is 0 Å². The van der Waals surface area contributed by atoms with E-state index in [0.29, 0.717) is 13.0 Å². The van der Waals surface area contributed by atoms with Gasteiger partial charge in [-0.05, 0) is 18.8 Å². The lowest BCUT2D eigenvalue weighted by Crippen LogP contribution is -2.46. The van der Waals surface area contributed by atoms with Gasteiger partial charge in [-0.15, -0.1) is 6.58 Å². The molecule has 1 aliphatic rings. The number of nitrogens with zero attached hydrogens (tertiary/aromatic N) is 1. The fourth-order valence-electron chi connectivity index (χ4n) is 1.63. The van der Waals surface area contributed by atoms with Crippen molar-refractivity contribution in [1.29, 1.82) is 0 Å². The lowest BCUT2D eigenvalue weighted by atomic mass is 9.98. The smallest absolute Gasteiger partial charge is 0.214 e. The van der Waals surface area contributed by atoms with Crippen LogP contribution in [0.3, 0.4) is 0 Å². The second-order valence-corrected chi connectivity index (χ2v) is 6.17. The Hall–Kier alpha value is -0.390. The van der Waals surface area contributed by atoms with Crippen molar-refractivity contribution in [2.45, 2.75) is 25.9 Å². The first kappa shape index (κ1) is 12.7. The van der Waals surface area contributed by atoms with E-state index in [1.807, 2.05) is 6.92 Å². The maximum atomic E-state index is 11.8. The molecule has 0 aliphatic carbocycles. The van der Waals surface area contributed by atoms with Gasteiger partial charge >= 0.3 is 0 Å². The van der Waals surface area contributed by atoms with Crippen LogP contribution < -0.4 is 0 Å². The number of aliphatic hydroxyl groups is 1. The quantitative estimate of drug-likeness (QED) is 0.723. The fraction of sp³-hybridized carbons (Fsp3) is 0.800. The highest BCUT2D eigenvalue weighted by Crippen LogP contribution is 2.19. The third-order valence-electron chi connectivity index (χ3n) is 2.85. The maximum absolute atomic E-state index is 11.8. The molecule has 0 aromatic rings. The number of rotatable bonds is 4. The van der Waals surface area contributed by atoms with Gasteiger partial charge in [-0.25, -0.2) is 8.42 Å². The first-order valence-corrected chi connectivity index (χ1v) is 6.85. The first-order chi connectivity index (χ1) is 6.97. The second-order valence-electron chi connectivity index (χ2n) is 4.08. The molecule has 15 heavy (non-hydrogen) atoms. The molecular formula is C10H19NO3S. The van der Waals surface area contributed by atoms with Crippen LogP contribution in [0.4, 0.5) is 0 Å². The zero-order valence-electron chi connectivity index (χ0n) is 9.09. The van der Waals surface area contributed by atoms with E-state index in [0.717, 1.165) is 6.42 Å². The highest BCUT2D eigenvalue weighted by atomic mass is 32.2. The van der Waals surface area contributed by atoms with Gasteiger partial charge in [-0.2, -0.15) is 4.31 Å². The van der Waals surface area contributed by atoms with Crippen LogP contribution in [0.15, 0.2) is 12.7 Å². The van der Waals surface area contributed by atoms with E-state index in [1.54, 1.807) is 6.08 Å². The molecule has 1 aliphatic heterocycles. The Bertz CT molecular complexity index is 313. The van der Waals surface area contributed by atoms with E-state index in [2.05, 4.69) is 6.58 Å². The molecule has 0 amide bonds. The molecule has 0 radical (unpaired) electrons. The summed E-state index contributed by atoms with van der Waals surface area (Å²) in [7, 11) is -3.20. The van der Waals surface area contributed by atoms with E-state index in [-0.39, 0.29) is 18.2 Å². The molecule has 0 saturated carbocycles. The van der Waals surface area contributed by atoms with Crippen LogP contribution in [0.2, 0.25) is 0 Å². The van der Waals surface area contributed by atoms with Crippen molar-refractivity contribution in [2.75, 3.05) is 18.8 Å². The van der Waals surface area contributed by atoms with Crippen molar-refractivity contribution in [3.8, 4) is 0 Å². The van der Waals surface area contributed by atoms with Gasteiger partial charge in [0.05, 0.1) is 11.9 Å². The van der Waals surface area contributed by atoms with Gasteiger partial charge in [0, 0.05) is 13.1 Å². The third kappa shape index (κ3) is 3.29. The molecule has 4 nitrogen and oxygen atoms in total. The Morgan fingerprint density at radius 1 is 1.60 bits per heavy atom. The molecule has 88 valence electrons. The summed E-state index contributed by atoms with van der Waals surface area (Å²) in [5.74, 6) is 0.285. The minimum atomic E-state index is -3.20. The maximum Gasteiger partial charge on any atom is 0.214 e. The number of aliphatic hydroxyl groups excluding tert-OH is 1. The van der Waals surface area contributed by atoms with Crippen LogP contribution in [0, 0.1) is 5.92 Å². The zero-order chi connectivity index (χ0) is 11.5. The monoisotopic (exact) mass is 233 g/mol. The molecule has 1 fully saturated rings. The summed E-state index contributed by atoms with van der Waals surface area (Å²) in [6.07, 6.45) is 2.26. The SMILES string of the molecule is C=CCCS(=O)(=O)N1CCC(C)C(O)C1. The van der Waals surface area contributed by atoms with E-state index in [9.17, 15) is 13.5 Å². The van der Waals surface area contributed by atoms with Crippen molar-refractivity contribution in [1.82, 2.24) is 4.31 Å². The molecule has 1 rings (SSSR count). The van der Waals surface area contributed by atoms with Crippen LogP contribution in [-0.4, -0.2) is 42.8 Å². The van der Waals surface area contributed by atoms with Crippen molar-refractivity contribution in [3.05, 3.63) is 12.7 Å². The van der Waals surface area contributed by atoms with Crippen molar-refractivity contribution in [2.24, 2.45) is 5.92 Å². The highest BCUT2D eigenvalue weighted by Gasteiger charge is 2.30. The Labute approximate surface area is 91.6 Å². The Morgan fingerprint density at radius 2 is 2.27 bits per heavy atom. The Morgan fingerprint density at radius 3 is 2.80 bits per heavy atom. The van der Waals surface area contributed by atoms with Gasteiger partial charge in [-0.1, -0.05) is 13.0 Å². The minimum absolute atomic E-state index is 0.0948. The molecule has 2 unspecified atom stereocenters. The van der Waals surface area contributed by atoms with Gasteiger partial charge in [-0.3, -0.25) is 0 Å². The largest absolute Gasteiger partial charge is 0.391 e. The molecule has 1 N–H and O–H groups in total. The van der Waals surface area contributed by atoms with E-state index in [4.69, 9.17) is 0 Å². The van der Waals surface area contributed by atoms with Gasteiger partial charge < -0.3 is 5.11 Å². The van der Waals surface area contributed by atoms with Gasteiger partial charge in [0.15, 0.2) is 0 Å². The third-order valence-corrected chi connectivity index (χ3v) is 4.72. The highest BCUT2D eigenvalue weighted by molar-refractivity contribution is 7.89. The molecule has 0 aromatic heterocycles. The zero-order valence-corrected chi connectivity index (χ0v) is 9.91. The van der Waals surface area contributed by atoms with Crippen LogP contribution >= 0.6 is 0 Å². The van der Waals surface area contributed by atoms with Crippen molar-refractivity contribution >= 4 is 10.0 Å². The van der Waals surface area contributed by atoms with Crippen LogP contribution in [0.25, 0.3) is 0 Å². The summed E-state index contributed by atoms with van der Waals surface area (Å²) in [6, 6.07) is 0. The van der Waals surface area contributed by atoms with Gasteiger partial charge in [0.1, 0.15) is 0 Å². The topological polar surface area (TPSA) is 57.6 Å². The standard InChI is InChI=1S/C10H19NO3S/c1-3-4-7-15(13,14)11-6-5-9(2)10(12)8-11/h3,9-10,12H,1,4-8H2,2H3. The summed E-state index contributed by atoms with van der Waals surface area (Å²) >= 11 is 0. The van der Waals surface area contributed by atoms with Crippen molar-refractivity contribution in [3.63, 3.8) is 0 Å². The fourth-order valence-corrected chi connectivity index (χ4v) is 3.12. The predicted octanol–water partition coefficient (Wildman–Crippen LogP) is 0.595. The number of hydrogen-bond donors (Lipinski definition) is 1. The van der Waals surface area contributed by atoms with E-state index < -0.39 is 16.1 Å². The number of piperidine rings is 1. The van der Waals surface area contributed by atoms with Crippen molar-refractivity contribution < 1.29 is 13.5 Å². The first-order valence-electron chi connectivity index (χ1n) is 5.24. The number of hydrogen-bond acceptors (Lipinski definition) is 3. The Balaban J connectivity index is 2.60. The normalized spacial score (nSPS) is 28.9. The molecule has 1 heterocycles. The Kier molecular flexibility index (Phi) is 4.31. The lowest BCUT2D eigenvalue weighted by molar-refractivity contribution is 0.0605. The number of allylic oxidation sites excluding steroid dienone is 1. The predicted molar refractivity (Wildman–Crippen MR) is 60.0 cm³/mol. The minimum Gasteiger partial charge on any atom is -0.391 e. The average molecular weight is 233 g/mol. The van der Waals surface area contributed by atoms with Crippen LogP contribution in [-0.2, 0) is 10.0 Å². The molecule has 0 aromatic carbocycles. The van der Waals surface area contributed by atoms with E-state index >= 15 is 0 Å². The number of β-amino-alcohol motifs (C(OH)–C–C–N with tert-alkyl or cyclic N) is 1. The number of sulfonamides is 1. The molecule has 0 spiro atoms. The summed E-state index contributed by atoms with van der Waals surface area (Å²) in [4.78, 5) is 0. The summed E-state index contributed by atoms with van der Waals surface area (Å²) in [6.45, 7) is 6.21. The lowest BCUT2D eigenvalue weighted by Gasteiger charge is -2.33. The molecular weight excluding hydrogens is 214 g/mol. The molecule has 1 saturated heterocycles.